The maximum absolute atomic E-state index is 12.4. The lowest BCUT2D eigenvalue weighted by atomic mass is 10.2. The molecule has 0 fully saturated rings. The SMILES string of the molecule is C=CCN(Cc1cccs1)C(=O)CNC(=O)c1cccc(OC(F)F)c1. The van der Waals surface area contributed by atoms with Gasteiger partial charge in [-0.2, -0.15) is 8.78 Å². The first kappa shape index (κ1) is 19.6. The fourth-order valence-electron chi connectivity index (χ4n) is 2.18. The van der Waals surface area contributed by atoms with Crippen LogP contribution in [0.2, 0.25) is 0 Å². The van der Waals surface area contributed by atoms with Crippen molar-refractivity contribution in [2.24, 2.45) is 0 Å². The molecule has 0 bridgehead atoms. The van der Waals surface area contributed by atoms with Gasteiger partial charge in [0.15, 0.2) is 0 Å². The van der Waals surface area contributed by atoms with Crippen molar-refractivity contribution < 1.29 is 23.1 Å². The number of hydrogen-bond donors (Lipinski definition) is 1. The van der Waals surface area contributed by atoms with E-state index in [9.17, 15) is 18.4 Å². The summed E-state index contributed by atoms with van der Waals surface area (Å²) in [6, 6.07) is 9.20. The van der Waals surface area contributed by atoms with Crippen molar-refractivity contribution in [1.82, 2.24) is 10.2 Å². The van der Waals surface area contributed by atoms with E-state index in [1.807, 2.05) is 17.5 Å². The number of halogens is 2. The summed E-state index contributed by atoms with van der Waals surface area (Å²) >= 11 is 1.53. The molecule has 5 nitrogen and oxygen atoms in total. The van der Waals surface area contributed by atoms with Gasteiger partial charge in [0.2, 0.25) is 5.91 Å². The molecule has 2 rings (SSSR count). The van der Waals surface area contributed by atoms with E-state index in [4.69, 9.17) is 0 Å². The van der Waals surface area contributed by atoms with Crippen LogP contribution in [0, 0.1) is 0 Å². The first-order chi connectivity index (χ1) is 12.5. The zero-order valence-corrected chi connectivity index (χ0v) is 14.7. The van der Waals surface area contributed by atoms with E-state index in [0.717, 1.165) is 4.88 Å². The smallest absolute Gasteiger partial charge is 0.387 e. The molecule has 8 heteroatoms. The number of amides is 2. The first-order valence-corrected chi connectivity index (χ1v) is 8.61. The van der Waals surface area contributed by atoms with E-state index in [-0.39, 0.29) is 23.8 Å². The summed E-state index contributed by atoms with van der Waals surface area (Å²) in [5.41, 5.74) is 0.129. The predicted octanol–water partition coefficient (Wildman–Crippen LogP) is 3.29. The summed E-state index contributed by atoms with van der Waals surface area (Å²) in [6.45, 7) is 1.23. The molecule has 0 saturated carbocycles. The number of benzene rings is 1. The lowest BCUT2D eigenvalue weighted by molar-refractivity contribution is -0.130. The van der Waals surface area contributed by atoms with Crippen LogP contribution in [0.25, 0.3) is 0 Å². The Hall–Kier alpha value is -2.74. The second-order valence-electron chi connectivity index (χ2n) is 5.23. The molecule has 2 aromatic rings. The topological polar surface area (TPSA) is 58.6 Å². The minimum Gasteiger partial charge on any atom is -0.435 e. The van der Waals surface area contributed by atoms with Crippen molar-refractivity contribution in [1.29, 1.82) is 0 Å². The Bertz CT molecular complexity index is 751. The molecule has 0 aliphatic heterocycles. The van der Waals surface area contributed by atoms with Crippen LogP contribution >= 0.6 is 11.3 Å². The molecule has 2 amide bonds. The number of alkyl halides is 2. The Morgan fingerprint density at radius 3 is 2.77 bits per heavy atom. The maximum atomic E-state index is 12.4. The van der Waals surface area contributed by atoms with Crippen molar-refractivity contribution >= 4 is 23.2 Å². The van der Waals surface area contributed by atoms with Crippen LogP contribution < -0.4 is 10.1 Å². The van der Waals surface area contributed by atoms with Gasteiger partial charge < -0.3 is 15.0 Å². The van der Waals surface area contributed by atoms with Crippen molar-refractivity contribution in [3.63, 3.8) is 0 Å². The molecular weight excluding hydrogens is 362 g/mol. The molecule has 0 radical (unpaired) electrons. The summed E-state index contributed by atoms with van der Waals surface area (Å²) < 4.78 is 28.7. The number of hydrogen-bond acceptors (Lipinski definition) is 4. The Morgan fingerprint density at radius 1 is 1.31 bits per heavy atom. The number of carbonyl (C=O) groups is 2. The van der Waals surface area contributed by atoms with Gasteiger partial charge >= 0.3 is 6.61 Å². The summed E-state index contributed by atoms with van der Waals surface area (Å²) in [6.07, 6.45) is 1.61. The van der Waals surface area contributed by atoms with Gasteiger partial charge in [-0.15, -0.1) is 17.9 Å². The van der Waals surface area contributed by atoms with Crippen molar-refractivity contribution in [2.45, 2.75) is 13.2 Å². The third kappa shape index (κ3) is 5.96. The minimum atomic E-state index is -2.97. The highest BCUT2D eigenvalue weighted by Crippen LogP contribution is 2.16. The molecule has 26 heavy (non-hydrogen) atoms. The van der Waals surface area contributed by atoms with Crippen LogP contribution in [0.1, 0.15) is 15.2 Å². The van der Waals surface area contributed by atoms with Gasteiger partial charge in [0.25, 0.3) is 5.91 Å². The molecular formula is C18H18F2N2O3S. The second-order valence-corrected chi connectivity index (χ2v) is 6.26. The summed E-state index contributed by atoms with van der Waals surface area (Å²) in [5, 5.41) is 4.41. The van der Waals surface area contributed by atoms with Crippen molar-refractivity contribution in [3.8, 4) is 5.75 Å². The van der Waals surface area contributed by atoms with Crippen LogP contribution in [0.5, 0.6) is 5.75 Å². The maximum Gasteiger partial charge on any atom is 0.387 e. The molecule has 0 atom stereocenters. The molecule has 0 unspecified atom stereocenters. The van der Waals surface area contributed by atoms with Crippen LogP contribution in [-0.2, 0) is 11.3 Å². The van der Waals surface area contributed by atoms with Crippen molar-refractivity contribution in [3.05, 3.63) is 64.9 Å². The second kappa shape index (κ2) is 9.67. The average Bonchev–Trinajstić information content (AvgIpc) is 3.12. The molecule has 1 N–H and O–H groups in total. The Morgan fingerprint density at radius 2 is 2.12 bits per heavy atom. The molecule has 1 aromatic heterocycles. The van der Waals surface area contributed by atoms with Gasteiger partial charge in [-0.1, -0.05) is 18.2 Å². The van der Waals surface area contributed by atoms with E-state index in [1.54, 1.807) is 11.0 Å². The van der Waals surface area contributed by atoms with Gasteiger partial charge in [-0.05, 0) is 29.6 Å². The van der Waals surface area contributed by atoms with Gasteiger partial charge in [0.05, 0.1) is 13.1 Å². The fourth-order valence-corrected chi connectivity index (χ4v) is 2.90. The lowest BCUT2D eigenvalue weighted by Crippen LogP contribution is -2.39. The van der Waals surface area contributed by atoms with Gasteiger partial charge in [0, 0.05) is 17.0 Å². The predicted molar refractivity (Wildman–Crippen MR) is 95.3 cm³/mol. The molecule has 1 aromatic carbocycles. The molecule has 0 saturated heterocycles. The van der Waals surface area contributed by atoms with E-state index < -0.39 is 12.5 Å². The van der Waals surface area contributed by atoms with Crippen LogP contribution in [-0.4, -0.2) is 36.4 Å². The quantitative estimate of drug-likeness (QED) is 0.679. The number of nitrogens with zero attached hydrogens (tertiary/aromatic N) is 1. The molecule has 138 valence electrons. The number of ether oxygens (including phenoxy) is 1. The first-order valence-electron chi connectivity index (χ1n) is 7.73. The number of carbonyl (C=O) groups excluding carboxylic acids is 2. The number of thiophene rings is 1. The number of nitrogens with one attached hydrogen (secondary N) is 1. The molecule has 1 heterocycles. The van der Waals surface area contributed by atoms with E-state index in [0.29, 0.717) is 13.1 Å². The monoisotopic (exact) mass is 380 g/mol. The van der Waals surface area contributed by atoms with Crippen LogP contribution in [0.4, 0.5) is 8.78 Å². The summed E-state index contributed by atoms with van der Waals surface area (Å²) in [5.74, 6) is -0.940. The summed E-state index contributed by atoms with van der Waals surface area (Å²) in [4.78, 5) is 27.1. The summed E-state index contributed by atoms with van der Waals surface area (Å²) in [7, 11) is 0. The van der Waals surface area contributed by atoms with Crippen LogP contribution in [0.3, 0.4) is 0 Å². The zero-order chi connectivity index (χ0) is 18.9. The fraction of sp³-hybridized carbons (Fsp3) is 0.222. The standard InChI is InChI=1S/C18H18F2N2O3S/c1-2-8-22(12-15-7-4-9-26-15)16(23)11-21-17(24)13-5-3-6-14(10-13)25-18(19)20/h2-7,9-10,18H,1,8,11-12H2,(H,21,24). The average molecular weight is 380 g/mol. The van der Waals surface area contributed by atoms with Crippen molar-refractivity contribution in [2.75, 3.05) is 13.1 Å². The third-order valence-corrected chi connectivity index (χ3v) is 4.21. The minimum absolute atomic E-state index is 0.120. The Balaban J connectivity index is 1.94. The highest BCUT2D eigenvalue weighted by atomic mass is 32.1. The molecule has 0 aliphatic carbocycles. The van der Waals surface area contributed by atoms with E-state index in [2.05, 4.69) is 16.6 Å². The zero-order valence-electron chi connectivity index (χ0n) is 13.9. The Kier molecular flexibility index (Phi) is 7.28. The highest BCUT2D eigenvalue weighted by molar-refractivity contribution is 7.09. The normalized spacial score (nSPS) is 10.4. The molecule has 0 spiro atoms. The largest absolute Gasteiger partial charge is 0.435 e. The van der Waals surface area contributed by atoms with E-state index in [1.165, 1.54) is 35.6 Å². The van der Waals surface area contributed by atoms with Gasteiger partial charge in [-0.3, -0.25) is 9.59 Å². The van der Waals surface area contributed by atoms with Gasteiger partial charge in [0.1, 0.15) is 5.75 Å². The lowest BCUT2D eigenvalue weighted by Gasteiger charge is -2.20. The molecule has 0 aliphatic rings. The van der Waals surface area contributed by atoms with E-state index >= 15 is 0 Å². The number of rotatable bonds is 9. The third-order valence-electron chi connectivity index (χ3n) is 3.35. The van der Waals surface area contributed by atoms with Gasteiger partial charge in [-0.25, -0.2) is 0 Å². The highest BCUT2D eigenvalue weighted by Gasteiger charge is 2.15. The van der Waals surface area contributed by atoms with Crippen LogP contribution in [0.15, 0.2) is 54.4 Å². The Labute approximate surface area is 153 Å².